The molecule has 0 fully saturated rings. The first kappa shape index (κ1) is 12.6. The monoisotopic (exact) mass is 356 g/mol. The highest BCUT2D eigenvalue weighted by Crippen LogP contribution is 2.16. The lowest BCUT2D eigenvalue weighted by Gasteiger charge is -2.03. The summed E-state index contributed by atoms with van der Waals surface area (Å²) in [4.78, 5) is 12.1. The van der Waals surface area contributed by atoms with Gasteiger partial charge in [0.1, 0.15) is 0 Å². The molecular weight excluding hydrogens is 347 g/mol. The lowest BCUT2D eigenvalue weighted by molar-refractivity contribution is 0.0992. The molecule has 0 aliphatic heterocycles. The summed E-state index contributed by atoms with van der Waals surface area (Å²) in [7, 11) is 0. The fourth-order valence-corrected chi connectivity index (χ4v) is 2.38. The Morgan fingerprint density at radius 2 is 1.71 bits per heavy atom. The number of rotatable bonds is 3. The summed E-state index contributed by atoms with van der Waals surface area (Å²) < 4.78 is 0.990. The average Bonchev–Trinajstić information content (AvgIpc) is 2.32. The van der Waals surface area contributed by atoms with Crippen LogP contribution in [-0.2, 0) is 6.42 Å². The molecular formula is C14H10ClIO. The first-order chi connectivity index (χ1) is 8.16. The highest BCUT2D eigenvalue weighted by molar-refractivity contribution is 14.1. The van der Waals surface area contributed by atoms with E-state index < -0.39 is 0 Å². The Hall–Kier alpha value is -0.870. The Kier molecular flexibility index (Phi) is 4.18. The Balaban J connectivity index is 2.17. The summed E-state index contributed by atoms with van der Waals surface area (Å²) in [5.41, 5.74) is 1.77. The van der Waals surface area contributed by atoms with Crippen molar-refractivity contribution in [3.05, 3.63) is 68.3 Å². The lowest BCUT2D eigenvalue weighted by Crippen LogP contribution is -2.05. The van der Waals surface area contributed by atoms with Gasteiger partial charge in [-0.3, -0.25) is 4.79 Å². The molecule has 3 heteroatoms. The van der Waals surface area contributed by atoms with Crippen LogP contribution in [0.15, 0.2) is 48.5 Å². The molecule has 2 aromatic rings. The highest BCUT2D eigenvalue weighted by atomic mass is 127. The van der Waals surface area contributed by atoms with E-state index in [4.69, 9.17) is 11.6 Å². The van der Waals surface area contributed by atoms with Gasteiger partial charge in [-0.05, 0) is 46.4 Å². The zero-order valence-corrected chi connectivity index (χ0v) is 11.9. The Labute approximate surface area is 119 Å². The van der Waals surface area contributed by atoms with E-state index in [0.717, 1.165) is 14.7 Å². The average molecular weight is 357 g/mol. The van der Waals surface area contributed by atoms with Crippen LogP contribution in [0.25, 0.3) is 0 Å². The third-order valence-corrected chi connectivity index (χ3v) is 3.64. The molecule has 0 aliphatic rings. The maximum Gasteiger partial charge on any atom is 0.168 e. The number of ketones is 1. The third-order valence-electron chi connectivity index (χ3n) is 2.45. The van der Waals surface area contributed by atoms with Gasteiger partial charge in [0, 0.05) is 20.6 Å². The van der Waals surface area contributed by atoms with Gasteiger partial charge in [-0.25, -0.2) is 0 Å². The highest BCUT2D eigenvalue weighted by Gasteiger charge is 2.09. The molecule has 0 saturated heterocycles. The number of benzene rings is 2. The number of carbonyl (C=O) groups is 1. The van der Waals surface area contributed by atoms with Crippen molar-refractivity contribution in [1.29, 1.82) is 0 Å². The molecule has 1 nitrogen and oxygen atoms in total. The summed E-state index contributed by atoms with van der Waals surface area (Å²) in [6, 6.07) is 15.0. The topological polar surface area (TPSA) is 17.1 Å². The molecule has 0 N–H and O–H groups in total. The van der Waals surface area contributed by atoms with Crippen molar-refractivity contribution in [2.45, 2.75) is 6.42 Å². The number of hydrogen-bond donors (Lipinski definition) is 0. The molecule has 0 unspecified atom stereocenters. The molecule has 2 rings (SSSR count). The van der Waals surface area contributed by atoms with E-state index in [1.54, 1.807) is 12.1 Å². The van der Waals surface area contributed by atoms with Gasteiger partial charge in [0.15, 0.2) is 5.78 Å². The molecule has 0 saturated carbocycles. The molecule has 0 amide bonds. The van der Waals surface area contributed by atoms with Crippen LogP contribution in [-0.4, -0.2) is 5.78 Å². The van der Waals surface area contributed by atoms with E-state index in [2.05, 4.69) is 22.6 Å². The van der Waals surface area contributed by atoms with Crippen LogP contribution in [0.4, 0.5) is 0 Å². The van der Waals surface area contributed by atoms with Crippen molar-refractivity contribution in [2.75, 3.05) is 0 Å². The summed E-state index contributed by atoms with van der Waals surface area (Å²) >= 11 is 7.99. The van der Waals surface area contributed by atoms with E-state index >= 15 is 0 Å². The van der Waals surface area contributed by atoms with Gasteiger partial charge < -0.3 is 0 Å². The SMILES string of the molecule is O=C(Cc1ccc(Cl)cc1)c1ccccc1I. The lowest BCUT2D eigenvalue weighted by atomic mass is 10.0. The number of carbonyl (C=O) groups excluding carboxylic acids is 1. The Morgan fingerprint density at radius 3 is 2.35 bits per heavy atom. The van der Waals surface area contributed by atoms with E-state index in [0.29, 0.717) is 11.4 Å². The quantitative estimate of drug-likeness (QED) is 0.589. The van der Waals surface area contributed by atoms with Crippen molar-refractivity contribution in [2.24, 2.45) is 0 Å². The van der Waals surface area contributed by atoms with Gasteiger partial charge in [0.2, 0.25) is 0 Å². The Bertz CT molecular complexity index is 534. The van der Waals surface area contributed by atoms with Crippen LogP contribution < -0.4 is 0 Å². The predicted molar refractivity (Wildman–Crippen MR) is 78.6 cm³/mol. The van der Waals surface area contributed by atoms with Crippen molar-refractivity contribution >= 4 is 40.0 Å². The molecule has 0 aliphatic carbocycles. The largest absolute Gasteiger partial charge is 0.294 e. The second kappa shape index (κ2) is 5.65. The van der Waals surface area contributed by atoms with Crippen molar-refractivity contribution < 1.29 is 4.79 Å². The minimum absolute atomic E-state index is 0.136. The number of Topliss-reactive ketones (excluding diaryl/α,β-unsaturated/α-hetero) is 1. The van der Waals surface area contributed by atoms with Crippen molar-refractivity contribution in [3.63, 3.8) is 0 Å². The van der Waals surface area contributed by atoms with E-state index in [9.17, 15) is 4.79 Å². The molecule has 0 spiro atoms. The Morgan fingerprint density at radius 1 is 1.06 bits per heavy atom. The summed E-state index contributed by atoms with van der Waals surface area (Å²) in [5, 5.41) is 0.690. The molecule has 86 valence electrons. The summed E-state index contributed by atoms with van der Waals surface area (Å²) in [5.74, 6) is 0.136. The van der Waals surface area contributed by atoms with E-state index in [1.807, 2.05) is 36.4 Å². The zero-order valence-electron chi connectivity index (χ0n) is 8.99. The molecule has 0 heterocycles. The van der Waals surface area contributed by atoms with Crippen LogP contribution in [0.3, 0.4) is 0 Å². The fourth-order valence-electron chi connectivity index (χ4n) is 1.57. The number of halogens is 2. The molecule has 0 atom stereocenters. The van der Waals surface area contributed by atoms with Crippen molar-refractivity contribution in [1.82, 2.24) is 0 Å². The van der Waals surface area contributed by atoms with Crippen LogP contribution in [0.5, 0.6) is 0 Å². The number of hydrogen-bond acceptors (Lipinski definition) is 1. The minimum Gasteiger partial charge on any atom is -0.294 e. The van der Waals surface area contributed by atoms with Gasteiger partial charge in [0.25, 0.3) is 0 Å². The first-order valence-corrected chi connectivity index (χ1v) is 6.64. The van der Waals surface area contributed by atoms with Crippen LogP contribution in [0, 0.1) is 3.57 Å². The predicted octanol–water partition coefficient (Wildman–Crippen LogP) is 4.37. The first-order valence-electron chi connectivity index (χ1n) is 5.19. The zero-order chi connectivity index (χ0) is 12.3. The molecule has 0 radical (unpaired) electrons. The van der Waals surface area contributed by atoms with Crippen LogP contribution in [0.1, 0.15) is 15.9 Å². The fraction of sp³-hybridized carbons (Fsp3) is 0.0714. The molecule has 17 heavy (non-hydrogen) atoms. The van der Waals surface area contributed by atoms with Crippen LogP contribution >= 0.6 is 34.2 Å². The maximum absolute atomic E-state index is 12.1. The summed E-state index contributed by atoms with van der Waals surface area (Å²) in [6.07, 6.45) is 0.414. The van der Waals surface area contributed by atoms with Gasteiger partial charge in [-0.1, -0.05) is 41.9 Å². The van der Waals surface area contributed by atoms with Gasteiger partial charge in [-0.2, -0.15) is 0 Å². The second-order valence-corrected chi connectivity index (χ2v) is 5.30. The van der Waals surface area contributed by atoms with Gasteiger partial charge in [-0.15, -0.1) is 0 Å². The molecule has 2 aromatic carbocycles. The van der Waals surface area contributed by atoms with Gasteiger partial charge >= 0.3 is 0 Å². The normalized spacial score (nSPS) is 10.2. The van der Waals surface area contributed by atoms with E-state index in [1.165, 1.54) is 0 Å². The van der Waals surface area contributed by atoms with E-state index in [-0.39, 0.29) is 5.78 Å². The second-order valence-electron chi connectivity index (χ2n) is 3.71. The minimum atomic E-state index is 0.136. The third kappa shape index (κ3) is 3.30. The smallest absolute Gasteiger partial charge is 0.168 e. The maximum atomic E-state index is 12.1. The van der Waals surface area contributed by atoms with Gasteiger partial charge in [0.05, 0.1) is 0 Å². The molecule has 0 bridgehead atoms. The van der Waals surface area contributed by atoms with Crippen molar-refractivity contribution in [3.8, 4) is 0 Å². The summed E-state index contributed by atoms with van der Waals surface area (Å²) in [6.45, 7) is 0. The van der Waals surface area contributed by atoms with Crippen LogP contribution in [0.2, 0.25) is 5.02 Å². The standard InChI is InChI=1S/C14H10ClIO/c15-11-7-5-10(6-8-11)9-14(17)12-3-1-2-4-13(12)16/h1-8H,9H2. The molecule has 0 aromatic heterocycles.